The number of sulfonamides is 1. The van der Waals surface area contributed by atoms with Crippen molar-refractivity contribution < 1.29 is 13.2 Å². The topological polar surface area (TPSA) is 92.5 Å². The van der Waals surface area contributed by atoms with Crippen LogP contribution in [0.2, 0.25) is 0 Å². The van der Waals surface area contributed by atoms with E-state index in [0.717, 1.165) is 30.6 Å². The second-order valence-electron chi connectivity index (χ2n) is 5.58. The molecule has 122 valence electrons. The van der Waals surface area contributed by atoms with Gasteiger partial charge in [0, 0.05) is 25.3 Å². The molecular formula is C15H23N3O3S. The average molecular weight is 325 g/mol. The minimum atomic E-state index is -3.18. The molecule has 1 aromatic rings. The van der Waals surface area contributed by atoms with Gasteiger partial charge in [-0.15, -0.1) is 0 Å². The molecule has 0 unspecified atom stereocenters. The van der Waals surface area contributed by atoms with Crippen molar-refractivity contribution >= 4 is 21.6 Å². The van der Waals surface area contributed by atoms with Crippen molar-refractivity contribution in [3.05, 3.63) is 29.8 Å². The van der Waals surface area contributed by atoms with Crippen LogP contribution in [0.5, 0.6) is 0 Å². The molecule has 0 aliphatic carbocycles. The summed E-state index contributed by atoms with van der Waals surface area (Å²) < 4.78 is 25.4. The maximum absolute atomic E-state index is 11.4. The fraction of sp³-hybridized carbons (Fsp3) is 0.533. The second-order valence-corrected chi connectivity index (χ2v) is 7.67. The van der Waals surface area contributed by atoms with Gasteiger partial charge < -0.3 is 10.6 Å². The van der Waals surface area contributed by atoms with Gasteiger partial charge in [-0.3, -0.25) is 4.79 Å². The van der Waals surface area contributed by atoms with E-state index < -0.39 is 10.0 Å². The fourth-order valence-corrected chi connectivity index (χ4v) is 3.15. The van der Waals surface area contributed by atoms with Crippen molar-refractivity contribution in [2.45, 2.75) is 26.3 Å². The molecule has 0 aromatic heterocycles. The molecule has 22 heavy (non-hydrogen) atoms. The van der Waals surface area contributed by atoms with Crippen LogP contribution in [0.4, 0.5) is 5.69 Å². The highest BCUT2D eigenvalue weighted by Gasteiger charge is 2.24. The van der Waals surface area contributed by atoms with Crippen molar-refractivity contribution in [3.63, 3.8) is 0 Å². The summed E-state index contributed by atoms with van der Waals surface area (Å²) in [6, 6.07) is 7.72. The summed E-state index contributed by atoms with van der Waals surface area (Å²) in [5.41, 5.74) is 7.34. The number of benzene rings is 1. The van der Waals surface area contributed by atoms with Crippen molar-refractivity contribution in [2.24, 2.45) is 11.7 Å². The molecule has 0 radical (unpaired) electrons. The molecule has 1 aliphatic rings. The Labute approximate surface area is 131 Å². The van der Waals surface area contributed by atoms with E-state index in [2.05, 4.69) is 9.62 Å². The van der Waals surface area contributed by atoms with Gasteiger partial charge in [-0.1, -0.05) is 12.1 Å². The molecule has 0 bridgehead atoms. The third kappa shape index (κ3) is 4.45. The van der Waals surface area contributed by atoms with Crippen LogP contribution in [0.3, 0.4) is 0 Å². The number of hydrogen-bond acceptors (Lipinski definition) is 4. The molecule has 0 spiro atoms. The van der Waals surface area contributed by atoms with Crippen LogP contribution >= 0.6 is 0 Å². The van der Waals surface area contributed by atoms with Gasteiger partial charge in [0.1, 0.15) is 0 Å². The number of anilines is 1. The molecule has 1 aliphatic heterocycles. The number of rotatable bonds is 6. The maximum atomic E-state index is 11.4. The Balaban J connectivity index is 1.98. The number of nitrogens with one attached hydrogen (secondary N) is 1. The Morgan fingerprint density at radius 2 is 2.05 bits per heavy atom. The molecule has 7 heteroatoms. The molecule has 1 atom stereocenters. The minimum Gasteiger partial charge on any atom is -0.371 e. The molecule has 6 nitrogen and oxygen atoms in total. The highest BCUT2D eigenvalue weighted by Crippen LogP contribution is 2.23. The van der Waals surface area contributed by atoms with Crippen molar-refractivity contribution in [1.82, 2.24) is 4.72 Å². The fourth-order valence-electron chi connectivity index (χ4n) is 2.56. The van der Waals surface area contributed by atoms with Crippen LogP contribution in [0.1, 0.15) is 25.3 Å². The number of amides is 1. The summed E-state index contributed by atoms with van der Waals surface area (Å²) in [6.45, 7) is 3.46. The average Bonchev–Trinajstić information content (AvgIpc) is 2.53. The first-order chi connectivity index (χ1) is 10.4. The monoisotopic (exact) mass is 325 g/mol. The Morgan fingerprint density at radius 3 is 2.64 bits per heavy atom. The van der Waals surface area contributed by atoms with E-state index >= 15 is 0 Å². The van der Waals surface area contributed by atoms with Gasteiger partial charge in [0.15, 0.2) is 0 Å². The number of hydrogen-bond donors (Lipinski definition) is 2. The summed E-state index contributed by atoms with van der Waals surface area (Å²) in [7, 11) is -3.18. The summed E-state index contributed by atoms with van der Waals surface area (Å²) >= 11 is 0. The maximum Gasteiger partial charge on any atom is 0.222 e. The van der Waals surface area contributed by atoms with E-state index in [4.69, 9.17) is 5.73 Å². The highest BCUT2D eigenvalue weighted by molar-refractivity contribution is 7.89. The number of nitrogens with two attached hydrogens (primary N) is 1. The molecule has 1 aromatic carbocycles. The lowest BCUT2D eigenvalue weighted by atomic mass is 9.97. The van der Waals surface area contributed by atoms with Crippen LogP contribution in [0.25, 0.3) is 0 Å². The molecule has 1 saturated heterocycles. The Bertz CT molecular complexity index is 613. The van der Waals surface area contributed by atoms with Gasteiger partial charge in [-0.05, 0) is 37.5 Å². The van der Waals surface area contributed by atoms with Crippen LogP contribution in [0, 0.1) is 5.92 Å². The first-order valence-corrected chi connectivity index (χ1v) is 9.17. The third-order valence-corrected chi connectivity index (χ3v) is 5.35. The quantitative estimate of drug-likeness (QED) is 0.810. The van der Waals surface area contributed by atoms with E-state index in [1.165, 1.54) is 0 Å². The normalized spacial score (nSPS) is 19.1. The van der Waals surface area contributed by atoms with Crippen LogP contribution < -0.4 is 15.4 Å². The van der Waals surface area contributed by atoms with E-state index in [1.807, 2.05) is 24.3 Å². The number of nitrogens with zero attached hydrogens (tertiary/aromatic N) is 1. The van der Waals surface area contributed by atoms with Crippen LogP contribution in [0.15, 0.2) is 24.3 Å². The van der Waals surface area contributed by atoms with E-state index in [0.29, 0.717) is 13.1 Å². The number of carbonyl (C=O) groups is 1. The predicted octanol–water partition coefficient (Wildman–Crippen LogP) is 0.828. The van der Waals surface area contributed by atoms with Crippen LogP contribution in [-0.4, -0.2) is 33.2 Å². The molecule has 0 saturated carbocycles. The lowest BCUT2D eigenvalue weighted by molar-refractivity contribution is -0.122. The van der Waals surface area contributed by atoms with Crippen LogP contribution in [-0.2, 0) is 21.4 Å². The standard InChI is InChI=1S/C15H23N3O3S/c1-2-22(20,21)17-10-12-5-7-14(8-6-12)18-9-3-4-13(11-18)15(16)19/h5-8,13,17H,2-4,9-11H2,1H3,(H2,16,19)/t13-/m1/s1. The first-order valence-electron chi connectivity index (χ1n) is 7.52. The summed E-state index contributed by atoms with van der Waals surface area (Å²) in [5, 5.41) is 0. The zero-order valence-corrected chi connectivity index (χ0v) is 13.6. The van der Waals surface area contributed by atoms with Crippen molar-refractivity contribution in [1.29, 1.82) is 0 Å². The summed E-state index contributed by atoms with van der Waals surface area (Å²) in [5.74, 6) is -0.257. The summed E-state index contributed by atoms with van der Waals surface area (Å²) in [4.78, 5) is 13.5. The van der Waals surface area contributed by atoms with Gasteiger partial charge in [0.25, 0.3) is 0 Å². The molecule has 2 rings (SSSR count). The third-order valence-electron chi connectivity index (χ3n) is 4.00. The molecule has 3 N–H and O–H groups in total. The molecule has 1 amide bonds. The first kappa shape index (κ1) is 16.8. The van der Waals surface area contributed by atoms with Gasteiger partial charge >= 0.3 is 0 Å². The molecule has 1 heterocycles. The Kier molecular flexibility index (Phi) is 5.42. The highest BCUT2D eigenvalue weighted by atomic mass is 32.2. The molecular weight excluding hydrogens is 302 g/mol. The van der Waals surface area contributed by atoms with E-state index in [9.17, 15) is 13.2 Å². The smallest absolute Gasteiger partial charge is 0.222 e. The number of primary amides is 1. The Morgan fingerprint density at radius 1 is 1.36 bits per heavy atom. The van der Waals surface area contributed by atoms with Gasteiger partial charge in [-0.2, -0.15) is 0 Å². The van der Waals surface area contributed by atoms with Crippen molar-refractivity contribution in [3.8, 4) is 0 Å². The predicted molar refractivity (Wildman–Crippen MR) is 86.9 cm³/mol. The zero-order valence-electron chi connectivity index (χ0n) is 12.8. The SMILES string of the molecule is CCS(=O)(=O)NCc1ccc(N2CCC[C@@H](C(N)=O)C2)cc1. The minimum absolute atomic E-state index is 0.0768. The van der Waals surface area contributed by atoms with Crippen molar-refractivity contribution in [2.75, 3.05) is 23.7 Å². The number of piperidine rings is 1. The summed E-state index contributed by atoms with van der Waals surface area (Å²) in [6.07, 6.45) is 1.80. The lowest BCUT2D eigenvalue weighted by Gasteiger charge is -2.33. The zero-order chi connectivity index (χ0) is 16.2. The number of carbonyl (C=O) groups excluding carboxylic acids is 1. The largest absolute Gasteiger partial charge is 0.371 e. The van der Waals surface area contributed by atoms with E-state index in [1.54, 1.807) is 6.92 Å². The Hall–Kier alpha value is -1.60. The lowest BCUT2D eigenvalue weighted by Crippen LogP contribution is -2.41. The van der Waals surface area contributed by atoms with E-state index in [-0.39, 0.29) is 17.6 Å². The van der Waals surface area contributed by atoms with Gasteiger partial charge in [0.2, 0.25) is 15.9 Å². The molecule has 1 fully saturated rings. The van der Waals surface area contributed by atoms with Gasteiger partial charge in [0.05, 0.1) is 11.7 Å². The van der Waals surface area contributed by atoms with Gasteiger partial charge in [-0.25, -0.2) is 13.1 Å². The second kappa shape index (κ2) is 7.11.